The summed E-state index contributed by atoms with van der Waals surface area (Å²) in [6, 6.07) is 0.283. The van der Waals surface area contributed by atoms with Crippen molar-refractivity contribution in [3.63, 3.8) is 0 Å². The van der Waals surface area contributed by atoms with Gasteiger partial charge in [-0.15, -0.1) is 0 Å². The molecule has 0 saturated carbocycles. The molecule has 0 aromatic heterocycles. The van der Waals surface area contributed by atoms with Gasteiger partial charge >= 0.3 is 0 Å². The maximum Gasteiger partial charge on any atom is 0.233 e. The van der Waals surface area contributed by atoms with Crippen LogP contribution in [-0.4, -0.2) is 29.2 Å². The van der Waals surface area contributed by atoms with Gasteiger partial charge in [-0.25, -0.2) is 0 Å². The number of rotatable bonds is 6. The third-order valence-corrected chi connectivity index (χ3v) is 3.67. The molecular weight excluding hydrogens is 214 g/mol. The third-order valence-electron chi connectivity index (χ3n) is 2.11. The van der Waals surface area contributed by atoms with Crippen molar-refractivity contribution >= 4 is 30.3 Å². The van der Waals surface area contributed by atoms with Crippen molar-refractivity contribution in [2.75, 3.05) is 12.0 Å². The zero-order chi connectivity index (χ0) is 11.1. The molecule has 0 saturated heterocycles. The van der Waals surface area contributed by atoms with E-state index in [0.717, 1.165) is 12.2 Å². The summed E-state index contributed by atoms with van der Waals surface area (Å²) in [5, 5.41) is 2.82. The quantitative estimate of drug-likeness (QED) is 0.691. The van der Waals surface area contributed by atoms with E-state index in [2.05, 4.69) is 31.1 Å². The predicted octanol–water partition coefficient (Wildman–Crippen LogP) is 2.20. The third kappa shape index (κ3) is 5.15. The number of thiol groups is 1. The summed E-state index contributed by atoms with van der Waals surface area (Å²) in [6.45, 7) is 6.10. The van der Waals surface area contributed by atoms with Crippen LogP contribution in [0.1, 0.15) is 27.2 Å². The first-order chi connectivity index (χ1) is 6.52. The van der Waals surface area contributed by atoms with E-state index in [0.29, 0.717) is 0 Å². The van der Waals surface area contributed by atoms with Gasteiger partial charge in [0, 0.05) is 11.8 Å². The average molecular weight is 235 g/mol. The molecule has 0 heterocycles. The van der Waals surface area contributed by atoms with E-state index in [9.17, 15) is 4.79 Å². The molecule has 2 nitrogen and oxygen atoms in total. The van der Waals surface area contributed by atoms with Gasteiger partial charge < -0.3 is 5.32 Å². The van der Waals surface area contributed by atoms with Crippen LogP contribution < -0.4 is 5.32 Å². The van der Waals surface area contributed by atoms with Crippen molar-refractivity contribution < 1.29 is 4.79 Å². The van der Waals surface area contributed by atoms with Gasteiger partial charge in [0.15, 0.2) is 0 Å². The smallest absolute Gasteiger partial charge is 0.233 e. The van der Waals surface area contributed by atoms with Crippen molar-refractivity contribution in [1.82, 2.24) is 5.32 Å². The molecule has 1 N–H and O–H groups in total. The van der Waals surface area contributed by atoms with Gasteiger partial charge in [0.05, 0.1) is 5.25 Å². The van der Waals surface area contributed by atoms with Gasteiger partial charge in [-0.2, -0.15) is 24.4 Å². The number of thioether (sulfide) groups is 1. The highest BCUT2D eigenvalue weighted by atomic mass is 32.2. The summed E-state index contributed by atoms with van der Waals surface area (Å²) in [5.74, 6) is 1.32. The molecule has 1 amide bonds. The molecule has 2 atom stereocenters. The van der Waals surface area contributed by atoms with E-state index >= 15 is 0 Å². The van der Waals surface area contributed by atoms with Crippen LogP contribution in [0.25, 0.3) is 0 Å². The van der Waals surface area contributed by atoms with Crippen LogP contribution in [0, 0.1) is 5.92 Å². The number of nitrogens with one attached hydrogen (secondary N) is 1. The molecular formula is C10H21NOS2. The molecule has 0 aromatic rings. The minimum atomic E-state index is -0.189. The number of carbonyl (C=O) groups is 1. The lowest BCUT2D eigenvalue weighted by atomic mass is 10.1. The van der Waals surface area contributed by atoms with Crippen LogP contribution in [0.4, 0.5) is 0 Å². The van der Waals surface area contributed by atoms with E-state index in [1.807, 2.05) is 13.8 Å². The summed E-state index contributed by atoms with van der Waals surface area (Å²) < 4.78 is 0. The second-order valence-electron chi connectivity index (χ2n) is 3.76. The van der Waals surface area contributed by atoms with Crippen molar-refractivity contribution in [3.8, 4) is 0 Å². The Morgan fingerprint density at radius 1 is 1.50 bits per heavy atom. The van der Waals surface area contributed by atoms with Crippen LogP contribution >= 0.6 is 24.4 Å². The first-order valence-electron chi connectivity index (χ1n) is 5.00. The lowest BCUT2D eigenvalue weighted by Gasteiger charge is -2.20. The van der Waals surface area contributed by atoms with E-state index in [4.69, 9.17) is 0 Å². The van der Waals surface area contributed by atoms with Gasteiger partial charge in [-0.05, 0) is 18.6 Å². The van der Waals surface area contributed by atoms with E-state index in [-0.39, 0.29) is 23.1 Å². The second kappa shape index (κ2) is 7.46. The van der Waals surface area contributed by atoms with Crippen LogP contribution in [0.5, 0.6) is 0 Å². The Bertz CT molecular complexity index is 174. The SMILES string of the molecule is CCC(CSC)NC(=O)C(S)C(C)C. The molecule has 84 valence electrons. The van der Waals surface area contributed by atoms with E-state index in [1.165, 1.54) is 0 Å². The molecule has 0 aliphatic heterocycles. The van der Waals surface area contributed by atoms with Crippen molar-refractivity contribution in [2.24, 2.45) is 5.92 Å². The van der Waals surface area contributed by atoms with Gasteiger partial charge in [0.2, 0.25) is 5.91 Å². The standard InChI is InChI=1S/C10H21NOS2/c1-5-8(6-14-4)11-10(12)9(13)7(2)3/h7-9,13H,5-6H2,1-4H3,(H,11,12). The predicted molar refractivity (Wildman–Crippen MR) is 68.2 cm³/mol. The average Bonchev–Trinajstić information content (AvgIpc) is 2.15. The Morgan fingerprint density at radius 2 is 2.07 bits per heavy atom. The zero-order valence-electron chi connectivity index (χ0n) is 9.41. The van der Waals surface area contributed by atoms with Crippen molar-refractivity contribution in [1.29, 1.82) is 0 Å². The lowest BCUT2D eigenvalue weighted by Crippen LogP contribution is -2.42. The van der Waals surface area contributed by atoms with Gasteiger partial charge in [0.25, 0.3) is 0 Å². The maximum absolute atomic E-state index is 11.6. The van der Waals surface area contributed by atoms with Gasteiger partial charge in [0.1, 0.15) is 0 Å². The number of amides is 1. The number of hydrogen-bond donors (Lipinski definition) is 2. The molecule has 0 rings (SSSR count). The fourth-order valence-electron chi connectivity index (χ4n) is 1.05. The molecule has 0 spiro atoms. The summed E-state index contributed by atoms with van der Waals surface area (Å²) in [5.41, 5.74) is 0. The minimum absolute atomic E-state index is 0.0595. The Kier molecular flexibility index (Phi) is 7.55. The summed E-state index contributed by atoms with van der Waals surface area (Å²) in [6.07, 6.45) is 3.03. The molecule has 0 aromatic carbocycles. The Hall–Kier alpha value is 0.170. The molecule has 0 aliphatic carbocycles. The van der Waals surface area contributed by atoms with E-state index in [1.54, 1.807) is 11.8 Å². The molecule has 0 radical (unpaired) electrons. The lowest BCUT2D eigenvalue weighted by molar-refractivity contribution is -0.121. The molecule has 0 bridgehead atoms. The molecule has 4 heteroatoms. The van der Waals surface area contributed by atoms with Crippen molar-refractivity contribution in [2.45, 2.75) is 38.5 Å². The van der Waals surface area contributed by atoms with Crippen LogP contribution in [0.2, 0.25) is 0 Å². The minimum Gasteiger partial charge on any atom is -0.352 e. The number of hydrogen-bond acceptors (Lipinski definition) is 3. The number of carbonyl (C=O) groups excluding carboxylic acids is 1. The normalized spacial score (nSPS) is 15.3. The highest BCUT2D eigenvalue weighted by molar-refractivity contribution is 7.98. The van der Waals surface area contributed by atoms with Crippen LogP contribution in [-0.2, 0) is 4.79 Å². The van der Waals surface area contributed by atoms with Crippen molar-refractivity contribution in [3.05, 3.63) is 0 Å². The molecule has 14 heavy (non-hydrogen) atoms. The largest absolute Gasteiger partial charge is 0.352 e. The van der Waals surface area contributed by atoms with Gasteiger partial charge in [-0.3, -0.25) is 4.79 Å². The van der Waals surface area contributed by atoms with Crippen LogP contribution in [0.3, 0.4) is 0 Å². The summed E-state index contributed by atoms with van der Waals surface area (Å²) in [4.78, 5) is 11.6. The topological polar surface area (TPSA) is 29.1 Å². The fourth-order valence-corrected chi connectivity index (χ4v) is 1.85. The first kappa shape index (κ1) is 14.2. The fraction of sp³-hybridized carbons (Fsp3) is 0.900. The Balaban J connectivity index is 4.01. The molecule has 0 fully saturated rings. The van der Waals surface area contributed by atoms with E-state index < -0.39 is 0 Å². The first-order valence-corrected chi connectivity index (χ1v) is 6.91. The van der Waals surface area contributed by atoms with Gasteiger partial charge in [-0.1, -0.05) is 20.8 Å². The molecule has 2 unspecified atom stereocenters. The Morgan fingerprint density at radius 3 is 2.43 bits per heavy atom. The summed E-state index contributed by atoms with van der Waals surface area (Å²) >= 11 is 6.04. The maximum atomic E-state index is 11.6. The second-order valence-corrected chi connectivity index (χ2v) is 5.22. The monoisotopic (exact) mass is 235 g/mol. The Labute approximate surface area is 97.0 Å². The zero-order valence-corrected chi connectivity index (χ0v) is 11.1. The highest BCUT2D eigenvalue weighted by Gasteiger charge is 2.19. The highest BCUT2D eigenvalue weighted by Crippen LogP contribution is 2.10. The summed E-state index contributed by atoms with van der Waals surface area (Å²) in [7, 11) is 0. The molecule has 0 aliphatic rings. The van der Waals surface area contributed by atoms with Crippen LogP contribution in [0.15, 0.2) is 0 Å².